The highest BCUT2D eigenvalue weighted by Gasteiger charge is 2.34. The van der Waals surface area contributed by atoms with Crippen LogP contribution < -0.4 is 5.32 Å². The van der Waals surface area contributed by atoms with E-state index in [9.17, 15) is 9.59 Å². The number of β-amino-alcohol motifs (C(OH)–C–C–N with tert-alkyl or cyclic N) is 1. The van der Waals surface area contributed by atoms with Crippen LogP contribution in [-0.4, -0.2) is 58.8 Å². The predicted molar refractivity (Wildman–Crippen MR) is 112 cm³/mol. The Hall–Kier alpha value is -3.98. The van der Waals surface area contributed by atoms with Crippen LogP contribution in [0.15, 0.2) is 70.4 Å². The maximum Gasteiger partial charge on any atom is 0.337 e. The maximum absolute atomic E-state index is 12.6. The van der Waals surface area contributed by atoms with E-state index in [4.69, 9.17) is 14.4 Å². The van der Waals surface area contributed by atoms with Crippen LogP contribution in [0.2, 0.25) is 0 Å². The van der Waals surface area contributed by atoms with E-state index < -0.39 is 5.97 Å². The summed E-state index contributed by atoms with van der Waals surface area (Å²) in [5.74, 6) is -0.104. The normalized spacial score (nSPS) is 13.6. The second kappa shape index (κ2) is 8.80. The van der Waals surface area contributed by atoms with Gasteiger partial charge in [-0.1, -0.05) is 35.5 Å². The Morgan fingerprint density at radius 3 is 2.58 bits per heavy atom. The molecule has 2 N–H and O–H groups in total. The zero-order valence-corrected chi connectivity index (χ0v) is 16.7. The highest BCUT2D eigenvalue weighted by molar-refractivity contribution is 6.08. The van der Waals surface area contributed by atoms with Crippen LogP contribution in [-0.2, 0) is 14.3 Å². The first-order chi connectivity index (χ1) is 15.1. The van der Waals surface area contributed by atoms with Crippen molar-refractivity contribution in [2.24, 2.45) is 0 Å². The number of nitrogens with zero attached hydrogens (tertiary/aromatic N) is 3. The summed E-state index contributed by atoms with van der Waals surface area (Å²) in [4.78, 5) is 30.5. The third-order valence-corrected chi connectivity index (χ3v) is 4.81. The topological polar surface area (TPSA) is 118 Å². The minimum Gasteiger partial charge on any atom is -0.466 e. The Balaban J connectivity index is 1.54. The van der Waals surface area contributed by atoms with E-state index in [1.54, 1.807) is 24.3 Å². The molecule has 1 aromatic heterocycles. The molecule has 0 atom stereocenters. The number of aliphatic hydroxyl groups is 1. The molecule has 9 heteroatoms. The number of ether oxygens (including phenoxy) is 1. The van der Waals surface area contributed by atoms with Crippen LogP contribution in [0.5, 0.6) is 0 Å². The molecular formula is C22H20N4O5. The van der Waals surface area contributed by atoms with E-state index in [2.05, 4.69) is 15.5 Å². The fourth-order valence-corrected chi connectivity index (χ4v) is 3.23. The first-order valence-electron chi connectivity index (χ1n) is 9.59. The first kappa shape index (κ1) is 20.3. The second-order valence-corrected chi connectivity index (χ2v) is 6.79. The highest BCUT2D eigenvalue weighted by Crippen LogP contribution is 2.26. The lowest BCUT2D eigenvalue weighted by molar-refractivity contribution is -0.136. The van der Waals surface area contributed by atoms with Gasteiger partial charge in [-0.3, -0.25) is 4.79 Å². The molecule has 0 unspecified atom stereocenters. The number of benzene rings is 2. The van der Waals surface area contributed by atoms with E-state index in [1.807, 2.05) is 30.3 Å². The number of methoxy groups -OCH3 is 1. The van der Waals surface area contributed by atoms with Crippen molar-refractivity contribution in [1.29, 1.82) is 0 Å². The Labute approximate surface area is 177 Å². The van der Waals surface area contributed by atoms with Crippen molar-refractivity contribution in [3.8, 4) is 22.8 Å². The summed E-state index contributed by atoms with van der Waals surface area (Å²) in [6.45, 7) is 0.0123. The van der Waals surface area contributed by atoms with E-state index in [-0.39, 0.29) is 36.9 Å². The van der Waals surface area contributed by atoms with Gasteiger partial charge in [0.2, 0.25) is 5.82 Å². The molecule has 4 rings (SSSR count). The molecule has 1 amide bonds. The zero-order chi connectivity index (χ0) is 21.8. The predicted octanol–water partition coefficient (Wildman–Crippen LogP) is 2.08. The summed E-state index contributed by atoms with van der Waals surface area (Å²) in [5, 5.41) is 16.2. The van der Waals surface area contributed by atoms with Gasteiger partial charge in [-0.2, -0.15) is 4.98 Å². The van der Waals surface area contributed by atoms with E-state index in [0.717, 1.165) is 5.56 Å². The van der Waals surface area contributed by atoms with Gasteiger partial charge >= 0.3 is 5.97 Å². The average molecular weight is 420 g/mol. The third kappa shape index (κ3) is 4.17. The van der Waals surface area contributed by atoms with Crippen LogP contribution in [0, 0.1) is 0 Å². The van der Waals surface area contributed by atoms with Crippen molar-refractivity contribution in [2.75, 3.05) is 32.1 Å². The Morgan fingerprint density at radius 2 is 1.90 bits per heavy atom. The molecule has 1 aliphatic heterocycles. The monoisotopic (exact) mass is 420 g/mol. The highest BCUT2D eigenvalue weighted by atomic mass is 16.5. The molecule has 0 bridgehead atoms. The molecular weight excluding hydrogens is 400 g/mol. The molecule has 0 aliphatic carbocycles. The van der Waals surface area contributed by atoms with Crippen molar-refractivity contribution in [3.05, 3.63) is 65.9 Å². The summed E-state index contributed by atoms with van der Waals surface area (Å²) in [6.07, 6.45) is 0. The molecule has 31 heavy (non-hydrogen) atoms. The standard InChI is InChI=1S/C22H20N4O5/c1-30-22(29)17-13-26(11-12-27)21(28)18(17)23-16-9-7-15(8-10-16)20-24-19(25-31-20)14-5-3-2-4-6-14/h2-10,23,27H,11-13H2,1H3. The van der Waals surface area contributed by atoms with Crippen molar-refractivity contribution in [1.82, 2.24) is 15.0 Å². The number of amides is 1. The lowest BCUT2D eigenvalue weighted by Crippen LogP contribution is -2.31. The minimum absolute atomic E-state index is 0.0801. The minimum atomic E-state index is -0.591. The molecule has 0 fully saturated rings. The van der Waals surface area contributed by atoms with Crippen molar-refractivity contribution >= 4 is 17.6 Å². The molecule has 0 spiro atoms. The van der Waals surface area contributed by atoms with Crippen LogP contribution in [0.3, 0.4) is 0 Å². The summed E-state index contributed by atoms with van der Waals surface area (Å²) >= 11 is 0. The largest absolute Gasteiger partial charge is 0.466 e. The number of rotatable bonds is 7. The van der Waals surface area contributed by atoms with Crippen molar-refractivity contribution in [3.63, 3.8) is 0 Å². The third-order valence-electron chi connectivity index (χ3n) is 4.81. The van der Waals surface area contributed by atoms with Gasteiger partial charge in [-0.05, 0) is 24.3 Å². The van der Waals surface area contributed by atoms with Gasteiger partial charge in [0.05, 0.1) is 25.8 Å². The van der Waals surface area contributed by atoms with Crippen LogP contribution in [0.1, 0.15) is 0 Å². The van der Waals surface area contributed by atoms with Gasteiger partial charge in [0.15, 0.2) is 0 Å². The smallest absolute Gasteiger partial charge is 0.337 e. The maximum atomic E-state index is 12.6. The summed E-state index contributed by atoms with van der Waals surface area (Å²) in [6, 6.07) is 16.5. The Kier molecular flexibility index (Phi) is 5.76. The van der Waals surface area contributed by atoms with Gasteiger partial charge in [0.1, 0.15) is 5.70 Å². The molecule has 158 valence electrons. The number of carbonyl (C=O) groups is 2. The second-order valence-electron chi connectivity index (χ2n) is 6.79. The van der Waals surface area contributed by atoms with E-state index in [1.165, 1.54) is 12.0 Å². The molecule has 0 saturated carbocycles. The average Bonchev–Trinajstić information content (AvgIpc) is 3.41. The van der Waals surface area contributed by atoms with Gasteiger partial charge < -0.3 is 24.6 Å². The first-order valence-corrected chi connectivity index (χ1v) is 9.59. The van der Waals surface area contributed by atoms with Gasteiger partial charge in [-0.25, -0.2) is 4.79 Å². The Bertz CT molecular complexity index is 1120. The molecule has 1 aliphatic rings. The lowest BCUT2D eigenvalue weighted by atomic mass is 10.2. The number of nitrogens with one attached hydrogen (secondary N) is 1. The quantitative estimate of drug-likeness (QED) is 0.558. The fraction of sp³-hybridized carbons (Fsp3) is 0.182. The van der Waals surface area contributed by atoms with Crippen molar-refractivity contribution < 1.29 is 24.0 Å². The summed E-state index contributed by atoms with van der Waals surface area (Å²) < 4.78 is 10.1. The van der Waals surface area contributed by atoms with Gasteiger partial charge in [0.25, 0.3) is 11.8 Å². The lowest BCUT2D eigenvalue weighted by Gasteiger charge is -2.15. The molecule has 3 aromatic rings. The van der Waals surface area contributed by atoms with Crippen molar-refractivity contribution in [2.45, 2.75) is 0 Å². The number of anilines is 1. The van der Waals surface area contributed by atoms with Crippen LogP contribution in [0.4, 0.5) is 5.69 Å². The number of hydrogen-bond donors (Lipinski definition) is 2. The number of aromatic nitrogens is 2. The fourth-order valence-electron chi connectivity index (χ4n) is 3.23. The molecule has 0 saturated heterocycles. The van der Waals surface area contributed by atoms with Gasteiger partial charge in [0, 0.05) is 23.4 Å². The summed E-state index contributed by atoms with van der Waals surface area (Å²) in [5.41, 5.74) is 2.51. The van der Waals surface area contributed by atoms with Crippen LogP contribution in [0.25, 0.3) is 22.8 Å². The molecule has 9 nitrogen and oxygen atoms in total. The number of aliphatic hydroxyl groups excluding tert-OH is 1. The van der Waals surface area contributed by atoms with Crippen LogP contribution >= 0.6 is 0 Å². The summed E-state index contributed by atoms with van der Waals surface area (Å²) in [7, 11) is 1.26. The molecule has 2 heterocycles. The molecule has 2 aromatic carbocycles. The van der Waals surface area contributed by atoms with E-state index in [0.29, 0.717) is 23.0 Å². The number of hydrogen-bond acceptors (Lipinski definition) is 8. The molecule has 0 radical (unpaired) electrons. The van der Waals surface area contributed by atoms with Gasteiger partial charge in [-0.15, -0.1) is 0 Å². The SMILES string of the molecule is COC(=O)C1=C(Nc2ccc(-c3nc(-c4ccccc4)no3)cc2)C(=O)N(CCO)C1. The Morgan fingerprint density at radius 1 is 1.16 bits per heavy atom. The number of carbonyl (C=O) groups excluding carboxylic acids is 2. The zero-order valence-electron chi connectivity index (χ0n) is 16.7. The number of esters is 1. The van der Waals surface area contributed by atoms with E-state index >= 15 is 0 Å².